The SMILES string of the molecule is COc1ccc(S(=O)(=O)N=C2C=C(c3c(O)ccc4ccccc34)C(=O)c3ccccc32)cc1.I[I-]I. The van der Waals surface area contributed by atoms with Gasteiger partial charge in [-0.15, -0.1) is 0 Å². The number of allylic oxidation sites excluding steroid dienone is 2. The number of ketones is 1. The summed E-state index contributed by atoms with van der Waals surface area (Å²) in [6.07, 6.45) is 1.44. The summed E-state index contributed by atoms with van der Waals surface area (Å²) >= 11 is 5.30. The van der Waals surface area contributed by atoms with Gasteiger partial charge in [-0.1, -0.05) is 54.6 Å². The molecule has 0 amide bonds. The second-order valence-electron chi connectivity index (χ2n) is 7.79. The number of carbonyl (C=O) groups excluding carboxylic acids is 1. The van der Waals surface area contributed by atoms with Crippen molar-refractivity contribution in [2.24, 2.45) is 4.40 Å². The molecule has 1 aliphatic rings. The van der Waals surface area contributed by atoms with E-state index in [-0.39, 0.29) is 27.7 Å². The summed E-state index contributed by atoms with van der Waals surface area (Å²) in [7, 11) is -2.59. The van der Waals surface area contributed by atoms with Crippen molar-refractivity contribution in [3.8, 4) is 11.5 Å². The predicted molar refractivity (Wildman–Crippen MR) is 159 cm³/mol. The zero-order chi connectivity index (χ0) is 26.6. The summed E-state index contributed by atoms with van der Waals surface area (Å²) < 4.78 is 35.4. The minimum absolute atomic E-state index is 0.00172. The van der Waals surface area contributed by atoms with Crippen LogP contribution in [0.2, 0.25) is 0 Å². The number of sulfonamides is 1. The Morgan fingerprint density at radius 2 is 1.49 bits per heavy atom. The van der Waals surface area contributed by atoms with Crippen LogP contribution in [0.1, 0.15) is 21.5 Å². The maximum absolute atomic E-state index is 13.5. The van der Waals surface area contributed by atoms with Crippen LogP contribution in [0.3, 0.4) is 0 Å². The van der Waals surface area contributed by atoms with E-state index in [0.29, 0.717) is 41.1 Å². The fraction of sp³-hybridized carbons (Fsp3) is 0.0370. The molecular formula is C27H19I3NO5S-. The zero-order valence-corrected chi connectivity index (χ0v) is 26.5. The molecule has 37 heavy (non-hydrogen) atoms. The van der Waals surface area contributed by atoms with Gasteiger partial charge in [-0.3, -0.25) is 4.79 Å². The van der Waals surface area contributed by atoms with Crippen molar-refractivity contribution in [1.82, 2.24) is 0 Å². The molecule has 6 nitrogen and oxygen atoms in total. The van der Waals surface area contributed by atoms with Crippen LogP contribution in [0.15, 0.2) is 100 Å². The fourth-order valence-corrected chi connectivity index (χ4v) is 5.06. The number of fused-ring (bicyclic) bond motifs is 2. The molecule has 0 saturated carbocycles. The summed E-state index contributed by atoms with van der Waals surface area (Å²) in [5.74, 6) is 0.131. The summed E-state index contributed by atoms with van der Waals surface area (Å²) in [6.45, 7) is 0. The number of phenols is 1. The second-order valence-corrected chi connectivity index (χ2v) is 25.6. The number of nitrogens with zero attached hydrogens (tertiary/aromatic N) is 1. The molecule has 0 bridgehead atoms. The van der Waals surface area contributed by atoms with Crippen molar-refractivity contribution >= 4 is 75.1 Å². The number of ether oxygens (including phenoxy) is 1. The number of hydrogen-bond acceptors (Lipinski definition) is 5. The molecule has 0 atom stereocenters. The Morgan fingerprint density at radius 3 is 2.16 bits per heavy atom. The number of benzene rings is 4. The zero-order valence-electron chi connectivity index (χ0n) is 19.2. The van der Waals surface area contributed by atoms with Crippen LogP contribution in [-0.4, -0.2) is 32.1 Å². The molecule has 0 aliphatic heterocycles. The van der Waals surface area contributed by atoms with E-state index < -0.39 is 10.0 Å². The van der Waals surface area contributed by atoms with Gasteiger partial charge in [0.2, 0.25) is 0 Å². The molecule has 0 fully saturated rings. The first-order chi connectivity index (χ1) is 17.8. The molecule has 10 heteroatoms. The van der Waals surface area contributed by atoms with Gasteiger partial charge in [0, 0.05) is 22.3 Å². The molecule has 0 spiro atoms. The first kappa shape index (κ1) is 28.0. The standard InChI is InChI=1S/C27H19NO5S.I3/c1-33-18-11-13-19(14-12-18)34(31,32)28-24-16-23(27(30)22-9-5-4-8-21(22)24)26-20-7-3-2-6-17(20)10-15-25(26)29;1-3-2/h2-16,29H,1H3;/q;-1. The van der Waals surface area contributed by atoms with Crippen LogP contribution in [0.5, 0.6) is 11.5 Å². The Morgan fingerprint density at radius 1 is 0.865 bits per heavy atom. The first-order valence-electron chi connectivity index (χ1n) is 10.7. The average Bonchev–Trinajstić information content (AvgIpc) is 2.91. The molecule has 0 heterocycles. The Bertz CT molecular complexity index is 1650. The fourth-order valence-electron chi connectivity index (χ4n) is 4.06. The minimum atomic E-state index is -4.09. The van der Waals surface area contributed by atoms with Gasteiger partial charge in [-0.05, 0) is 47.2 Å². The van der Waals surface area contributed by atoms with E-state index >= 15 is 0 Å². The van der Waals surface area contributed by atoms with Gasteiger partial charge in [0.05, 0.1) is 17.7 Å². The van der Waals surface area contributed by atoms with Crippen LogP contribution >= 0.6 is 37.2 Å². The van der Waals surface area contributed by atoms with E-state index in [0.717, 1.165) is 5.39 Å². The van der Waals surface area contributed by atoms with Gasteiger partial charge >= 0.3 is 50.5 Å². The van der Waals surface area contributed by atoms with Crippen LogP contribution < -0.4 is 18.0 Å². The van der Waals surface area contributed by atoms with E-state index in [1.807, 2.05) is 24.3 Å². The van der Waals surface area contributed by atoms with E-state index in [9.17, 15) is 18.3 Å². The van der Waals surface area contributed by atoms with Crippen molar-refractivity contribution in [3.63, 3.8) is 0 Å². The molecule has 0 unspecified atom stereocenters. The monoisotopic (exact) mass is 850 g/mol. The second kappa shape index (κ2) is 12.2. The van der Waals surface area contributed by atoms with Gasteiger partial charge in [-0.2, -0.15) is 12.8 Å². The van der Waals surface area contributed by atoms with Crippen molar-refractivity contribution in [2.45, 2.75) is 4.90 Å². The normalized spacial score (nSPS) is 14.1. The molecule has 4 aromatic carbocycles. The first-order valence-corrected chi connectivity index (χ1v) is 24.7. The van der Waals surface area contributed by atoms with E-state index in [1.54, 1.807) is 42.5 Å². The molecule has 0 radical (unpaired) electrons. The summed E-state index contributed by atoms with van der Waals surface area (Å²) in [6, 6.07) is 23.3. The van der Waals surface area contributed by atoms with Crippen LogP contribution in [0.4, 0.5) is 0 Å². The number of Topliss-reactive ketones (excluding diaryl/α,β-unsaturated/α-hetero) is 1. The molecule has 5 rings (SSSR count). The van der Waals surface area contributed by atoms with Crippen LogP contribution in [-0.2, 0) is 10.0 Å². The van der Waals surface area contributed by atoms with Gasteiger partial charge in [0.15, 0.2) is 5.78 Å². The third kappa shape index (κ3) is 6.01. The number of carbonyl (C=O) groups is 1. The Hall–Kier alpha value is -2.04. The summed E-state index contributed by atoms with van der Waals surface area (Å²) in [5, 5.41) is 12.2. The number of hydrogen-bond donors (Lipinski definition) is 1. The molecular weight excluding hydrogens is 831 g/mol. The summed E-state index contributed by atoms with van der Waals surface area (Å²) in [5.41, 5.74) is 1.36. The molecule has 1 N–H and O–H groups in total. The van der Waals surface area contributed by atoms with Gasteiger partial charge in [0.1, 0.15) is 11.5 Å². The number of halogens is 3. The van der Waals surface area contributed by atoms with Crippen molar-refractivity contribution in [1.29, 1.82) is 0 Å². The van der Waals surface area contributed by atoms with E-state index in [1.165, 1.54) is 31.4 Å². The van der Waals surface area contributed by atoms with E-state index in [2.05, 4.69) is 41.6 Å². The van der Waals surface area contributed by atoms with Gasteiger partial charge in [-0.25, -0.2) is 0 Å². The number of rotatable bonds is 4. The van der Waals surface area contributed by atoms with Gasteiger partial charge in [0.25, 0.3) is 10.0 Å². The Labute approximate surface area is 244 Å². The molecule has 1 aliphatic carbocycles. The Kier molecular flexibility index (Phi) is 9.24. The molecule has 190 valence electrons. The molecule has 4 aromatic rings. The number of phenolic OH excluding ortho intramolecular Hbond substituents is 1. The number of aromatic hydroxyl groups is 1. The van der Waals surface area contributed by atoms with Crippen LogP contribution in [0.25, 0.3) is 16.3 Å². The summed E-state index contributed by atoms with van der Waals surface area (Å²) in [4.78, 5) is 13.5. The maximum atomic E-state index is 13.5. The molecule has 0 aromatic heterocycles. The van der Waals surface area contributed by atoms with Crippen molar-refractivity contribution < 1.29 is 36.3 Å². The van der Waals surface area contributed by atoms with E-state index in [4.69, 9.17) is 4.74 Å². The topological polar surface area (TPSA) is 93.0 Å². The quantitative estimate of drug-likeness (QED) is 0.316. The molecule has 0 saturated heterocycles. The Balaban J connectivity index is 0.00000102. The predicted octanol–water partition coefficient (Wildman–Crippen LogP) is 3.79. The third-order valence-electron chi connectivity index (χ3n) is 5.73. The number of methoxy groups -OCH3 is 1. The van der Waals surface area contributed by atoms with Crippen molar-refractivity contribution in [2.75, 3.05) is 7.11 Å². The third-order valence-corrected chi connectivity index (χ3v) is 7.03. The average molecular weight is 850 g/mol. The van der Waals surface area contributed by atoms with Gasteiger partial charge < -0.3 is 9.84 Å². The van der Waals surface area contributed by atoms with Crippen LogP contribution in [0, 0.1) is 0 Å². The van der Waals surface area contributed by atoms with Crippen molar-refractivity contribution in [3.05, 3.63) is 108 Å².